The summed E-state index contributed by atoms with van der Waals surface area (Å²) in [4.78, 5) is 34.8. The Morgan fingerprint density at radius 1 is 1.28 bits per heavy atom. The molecule has 0 unspecified atom stereocenters. The number of nitro benzene ring substituents is 1. The van der Waals surface area contributed by atoms with Crippen molar-refractivity contribution in [3.05, 3.63) is 33.9 Å². The molecule has 12 heteroatoms. The molecule has 1 aliphatic rings. The van der Waals surface area contributed by atoms with Crippen LogP contribution in [0.4, 0.5) is 23.7 Å². The third-order valence-electron chi connectivity index (χ3n) is 3.95. The summed E-state index contributed by atoms with van der Waals surface area (Å²) in [5.74, 6) is -1.79. The first-order valence-corrected chi connectivity index (χ1v) is 8.44. The summed E-state index contributed by atoms with van der Waals surface area (Å²) < 4.78 is 48.9. The molecule has 1 heterocycles. The van der Waals surface area contributed by atoms with Crippen LogP contribution in [-0.4, -0.2) is 51.3 Å². The van der Waals surface area contributed by atoms with Gasteiger partial charge in [-0.15, -0.1) is 0 Å². The summed E-state index contributed by atoms with van der Waals surface area (Å²) in [7, 11) is 0. The van der Waals surface area contributed by atoms with Crippen molar-refractivity contribution in [1.82, 2.24) is 4.90 Å². The van der Waals surface area contributed by atoms with Crippen LogP contribution in [0.15, 0.2) is 18.2 Å². The number of likely N-dealkylation sites (tertiary alicyclic amines) is 1. The Morgan fingerprint density at radius 3 is 2.38 bits per heavy atom. The molecule has 1 aliphatic heterocycles. The maximum Gasteiger partial charge on any atom is 0.416 e. The molecule has 1 saturated heterocycles. The van der Waals surface area contributed by atoms with Gasteiger partial charge in [-0.3, -0.25) is 15.0 Å². The van der Waals surface area contributed by atoms with Gasteiger partial charge >= 0.3 is 23.9 Å². The van der Waals surface area contributed by atoms with E-state index in [2.05, 4.69) is 0 Å². The minimum Gasteiger partial charge on any atom is -0.482 e. The second kappa shape index (κ2) is 7.76. The zero-order valence-electron chi connectivity index (χ0n) is 15.7. The molecule has 1 N–H and O–H groups in total. The highest BCUT2D eigenvalue weighted by Gasteiger charge is 2.43. The van der Waals surface area contributed by atoms with E-state index in [1.54, 1.807) is 20.8 Å². The lowest BCUT2D eigenvalue weighted by molar-refractivity contribution is -0.386. The van der Waals surface area contributed by atoms with Crippen LogP contribution in [0.5, 0.6) is 5.75 Å². The number of carboxylic acid groups (broad SMARTS) is 1. The molecule has 1 amide bonds. The number of aliphatic carboxylic acids is 1. The third kappa shape index (κ3) is 5.48. The summed E-state index contributed by atoms with van der Waals surface area (Å²) in [5, 5.41) is 20.5. The van der Waals surface area contributed by atoms with Gasteiger partial charge in [0.05, 0.1) is 17.0 Å². The molecule has 1 aromatic rings. The normalized spacial score (nSPS) is 19.7. The monoisotopic (exact) mass is 420 g/mol. The maximum atomic E-state index is 12.8. The Hall–Kier alpha value is -3.05. The van der Waals surface area contributed by atoms with Crippen LogP contribution in [-0.2, 0) is 15.7 Å². The number of alkyl halides is 3. The minimum absolute atomic E-state index is 0.216. The van der Waals surface area contributed by atoms with Crippen LogP contribution in [0.1, 0.15) is 32.8 Å². The minimum atomic E-state index is -4.78. The number of hydrogen-bond donors (Lipinski definition) is 1. The second-order valence-corrected chi connectivity index (χ2v) is 7.40. The number of hydrogen-bond acceptors (Lipinski definition) is 6. The first-order valence-electron chi connectivity index (χ1n) is 8.44. The Balaban J connectivity index is 2.25. The second-order valence-electron chi connectivity index (χ2n) is 7.40. The molecule has 9 nitrogen and oxygen atoms in total. The third-order valence-corrected chi connectivity index (χ3v) is 3.95. The largest absolute Gasteiger partial charge is 0.482 e. The summed E-state index contributed by atoms with van der Waals surface area (Å²) in [6.07, 6.45) is -6.89. The fourth-order valence-electron chi connectivity index (χ4n) is 2.75. The highest BCUT2D eigenvalue weighted by molar-refractivity contribution is 5.81. The van der Waals surface area contributed by atoms with Gasteiger partial charge in [0.15, 0.2) is 5.75 Å². The zero-order chi connectivity index (χ0) is 22.1. The summed E-state index contributed by atoms with van der Waals surface area (Å²) in [5.41, 5.74) is -3.02. The Kier molecular flexibility index (Phi) is 5.95. The molecule has 1 aromatic carbocycles. The maximum absolute atomic E-state index is 12.8. The molecular formula is C17H19F3N2O7. The van der Waals surface area contributed by atoms with E-state index in [4.69, 9.17) is 9.47 Å². The number of ether oxygens (including phenoxy) is 2. The SMILES string of the molecule is CC(C)(C)OC(=O)N1C[C@@H](Oc2ccc(C(F)(F)F)cc2[N+](=O)[O-])C[C@H]1C(=O)O. The fourth-order valence-corrected chi connectivity index (χ4v) is 2.75. The number of rotatable bonds is 4. The molecule has 2 rings (SSSR count). The molecule has 160 valence electrons. The highest BCUT2D eigenvalue weighted by Crippen LogP contribution is 2.37. The summed E-state index contributed by atoms with van der Waals surface area (Å²) >= 11 is 0. The molecule has 0 saturated carbocycles. The van der Waals surface area contributed by atoms with Crippen molar-refractivity contribution in [3.63, 3.8) is 0 Å². The van der Waals surface area contributed by atoms with E-state index in [0.717, 1.165) is 11.0 Å². The highest BCUT2D eigenvalue weighted by atomic mass is 19.4. The number of benzene rings is 1. The van der Waals surface area contributed by atoms with Crippen molar-refractivity contribution >= 4 is 17.7 Å². The van der Waals surface area contributed by atoms with E-state index in [9.17, 15) is 38.0 Å². The average Bonchev–Trinajstić information content (AvgIpc) is 2.96. The van der Waals surface area contributed by atoms with Crippen LogP contribution >= 0.6 is 0 Å². The topological polar surface area (TPSA) is 119 Å². The van der Waals surface area contributed by atoms with E-state index in [1.165, 1.54) is 0 Å². The van der Waals surface area contributed by atoms with Gasteiger partial charge < -0.3 is 14.6 Å². The number of nitro groups is 1. The Morgan fingerprint density at radius 2 is 1.90 bits per heavy atom. The van der Waals surface area contributed by atoms with Crippen molar-refractivity contribution < 1.29 is 42.3 Å². The Labute approximate surface area is 163 Å². The van der Waals surface area contributed by atoms with Gasteiger partial charge in [-0.05, 0) is 32.9 Å². The molecule has 1 fully saturated rings. The molecule has 0 bridgehead atoms. The fraction of sp³-hybridized carbons (Fsp3) is 0.529. The number of carboxylic acids is 1. The lowest BCUT2D eigenvalue weighted by Gasteiger charge is -2.26. The lowest BCUT2D eigenvalue weighted by Crippen LogP contribution is -2.43. The number of carbonyl (C=O) groups excluding carboxylic acids is 1. The smallest absolute Gasteiger partial charge is 0.416 e. The Bertz CT molecular complexity index is 820. The number of amides is 1. The predicted molar refractivity (Wildman–Crippen MR) is 91.5 cm³/mol. The van der Waals surface area contributed by atoms with Gasteiger partial charge in [0.25, 0.3) is 0 Å². The van der Waals surface area contributed by atoms with Gasteiger partial charge in [0, 0.05) is 12.5 Å². The molecule has 0 radical (unpaired) electrons. The van der Waals surface area contributed by atoms with Crippen molar-refractivity contribution in [3.8, 4) is 5.75 Å². The van der Waals surface area contributed by atoms with E-state index in [-0.39, 0.29) is 13.0 Å². The van der Waals surface area contributed by atoms with Crippen molar-refractivity contribution in [2.75, 3.05) is 6.54 Å². The van der Waals surface area contributed by atoms with Crippen LogP contribution in [0.3, 0.4) is 0 Å². The van der Waals surface area contributed by atoms with Crippen molar-refractivity contribution in [2.45, 2.75) is 51.1 Å². The molecule has 2 atom stereocenters. The van der Waals surface area contributed by atoms with Crippen LogP contribution < -0.4 is 4.74 Å². The van der Waals surface area contributed by atoms with E-state index >= 15 is 0 Å². The van der Waals surface area contributed by atoms with E-state index < -0.39 is 57.9 Å². The van der Waals surface area contributed by atoms with E-state index in [1.807, 2.05) is 0 Å². The van der Waals surface area contributed by atoms with Gasteiger partial charge in [0.1, 0.15) is 17.7 Å². The molecular weight excluding hydrogens is 401 g/mol. The molecule has 0 spiro atoms. The van der Waals surface area contributed by atoms with Crippen molar-refractivity contribution in [1.29, 1.82) is 0 Å². The first-order chi connectivity index (χ1) is 13.2. The lowest BCUT2D eigenvalue weighted by atomic mass is 10.1. The standard InChI is InChI=1S/C17H19F3N2O7/c1-16(2,3)29-15(25)21-8-10(7-12(21)14(23)24)28-13-5-4-9(17(18,19)20)6-11(13)22(26)27/h4-6,10,12H,7-8H2,1-3H3,(H,23,24)/t10-,12-/m0/s1. The first kappa shape index (κ1) is 22.2. The van der Waals surface area contributed by atoms with Crippen LogP contribution in [0.25, 0.3) is 0 Å². The molecule has 29 heavy (non-hydrogen) atoms. The van der Waals surface area contributed by atoms with Gasteiger partial charge in [0.2, 0.25) is 0 Å². The van der Waals surface area contributed by atoms with Gasteiger partial charge in [-0.1, -0.05) is 0 Å². The average molecular weight is 420 g/mol. The van der Waals surface area contributed by atoms with Gasteiger partial charge in [-0.2, -0.15) is 13.2 Å². The van der Waals surface area contributed by atoms with Crippen LogP contribution in [0.2, 0.25) is 0 Å². The predicted octanol–water partition coefficient (Wildman–Crippen LogP) is 3.46. The van der Waals surface area contributed by atoms with E-state index in [0.29, 0.717) is 12.1 Å². The summed E-state index contributed by atoms with van der Waals surface area (Å²) in [6.45, 7) is 4.52. The zero-order valence-corrected chi connectivity index (χ0v) is 15.7. The summed E-state index contributed by atoms with van der Waals surface area (Å²) in [6, 6.07) is 0.457. The van der Waals surface area contributed by atoms with Crippen molar-refractivity contribution in [2.24, 2.45) is 0 Å². The quantitative estimate of drug-likeness (QED) is 0.585. The molecule has 0 aromatic heterocycles. The van der Waals surface area contributed by atoms with Crippen LogP contribution in [0, 0.1) is 10.1 Å². The number of carbonyl (C=O) groups is 2. The number of halogens is 3. The van der Waals surface area contributed by atoms with Gasteiger partial charge in [-0.25, -0.2) is 9.59 Å². The molecule has 0 aliphatic carbocycles. The number of nitrogens with zero attached hydrogens (tertiary/aromatic N) is 2.